The van der Waals surface area contributed by atoms with Crippen LogP contribution in [0.15, 0.2) is 182 Å². The van der Waals surface area contributed by atoms with Gasteiger partial charge in [0.2, 0.25) is 0 Å². The van der Waals surface area contributed by atoms with Gasteiger partial charge in [0.05, 0.1) is 39.0 Å². The lowest BCUT2D eigenvalue weighted by atomic mass is 9.34. The lowest BCUT2D eigenvalue weighted by molar-refractivity contribution is 1.14. The Balaban J connectivity index is 1.23. The highest BCUT2D eigenvalue weighted by atomic mass is 15.0. The molecule has 0 saturated heterocycles. The standard InChI is InChI=1S/C55H30BN3/c1-6-16-36-31(11-1)22-26-45-48(36)50-38-18-8-3-14-34(38)29-41-54(50)58(45)47-28-24-40(44-25-21-33-13-5-10-20-43(33)57-44)53-52(47)56(41)42-30-35-15-4-9-19-39(35)51-49-37-17-7-2-12-32(37)23-27-46(49)59(53)55(42)51/h1-30H. The van der Waals surface area contributed by atoms with Crippen LogP contribution in [-0.4, -0.2) is 20.8 Å². The molecule has 5 heterocycles. The van der Waals surface area contributed by atoms with Crippen molar-refractivity contribution in [2.24, 2.45) is 0 Å². The molecule has 13 aromatic rings. The Morgan fingerprint density at radius 1 is 0.390 bits per heavy atom. The van der Waals surface area contributed by atoms with Crippen LogP contribution in [0, 0.1) is 0 Å². The molecule has 0 spiro atoms. The minimum absolute atomic E-state index is 0.0224. The first-order chi connectivity index (χ1) is 29.3. The van der Waals surface area contributed by atoms with Gasteiger partial charge in [-0.1, -0.05) is 146 Å². The van der Waals surface area contributed by atoms with Gasteiger partial charge >= 0.3 is 0 Å². The second-order valence-corrected chi connectivity index (χ2v) is 16.6. The molecule has 3 aromatic heterocycles. The fourth-order valence-electron chi connectivity index (χ4n) is 11.5. The Morgan fingerprint density at radius 2 is 0.881 bits per heavy atom. The van der Waals surface area contributed by atoms with Gasteiger partial charge in [-0.3, -0.25) is 0 Å². The fourth-order valence-corrected chi connectivity index (χ4v) is 11.5. The van der Waals surface area contributed by atoms with Crippen LogP contribution in [0.3, 0.4) is 0 Å². The SMILES string of the molecule is c1ccc2nc(-c3ccc4c5c3-n3c6ccc7ccccc7c6c6c7ccccc7cc(c63)B5c3cc5ccccc5c5c6c7ccccc7ccc6n-4c35)ccc2c1. The van der Waals surface area contributed by atoms with Crippen LogP contribution in [-0.2, 0) is 0 Å². The maximum Gasteiger partial charge on any atom is 0.252 e. The van der Waals surface area contributed by atoms with Gasteiger partial charge in [0.15, 0.2) is 0 Å². The molecule has 0 atom stereocenters. The number of rotatable bonds is 1. The van der Waals surface area contributed by atoms with Crippen molar-refractivity contribution in [3.05, 3.63) is 182 Å². The van der Waals surface area contributed by atoms with E-state index < -0.39 is 0 Å². The Labute approximate surface area is 338 Å². The first-order valence-electron chi connectivity index (χ1n) is 20.6. The Bertz CT molecular complexity index is 4090. The molecule has 3 nitrogen and oxygen atoms in total. The van der Waals surface area contributed by atoms with Gasteiger partial charge in [0.25, 0.3) is 6.71 Å². The number of nitrogens with zero attached hydrogens (tertiary/aromatic N) is 3. The highest BCUT2D eigenvalue weighted by Crippen LogP contribution is 2.47. The summed E-state index contributed by atoms with van der Waals surface area (Å²) in [6.07, 6.45) is 0. The third-order valence-corrected chi connectivity index (χ3v) is 13.8. The van der Waals surface area contributed by atoms with Crippen molar-refractivity contribution in [1.29, 1.82) is 0 Å². The van der Waals surface area contributed by atoms with E-state index in [1.165, 1.54) is 114 Å². The molecule has 4 heteroatoms. The highest BCUT2D eigenvalue weighted by Gasteiger charge is 2.43. The quantitative estimate of drug-likeness (QED) is 0.154. The summed E-state index contributed by atoms with van der Waals surface area (Å²) < 4.78 is 5.24. The van der Waals surface area contributed by atoms with Gasteiger partial charge in [0.1, 0.15) is 0 Å². The second-order valence-electron chi connectivity index (χ2n) is 16.6. The molecule has 2 aliphatic heterocycles. The molecule has 59 heavy (non-hydrogen) atoms. The van der Waals surface area contributed by atoms with Crippen molar-refractivity contribution in [3.63, 3.8) is 0 Å². The molecular formula is C55H30BN3. The molecule has 0 bridgehead atoms. The molecule has 0 N–H and O–H groups in total. The van der Waals surface area contributed by atoms with Crippen LogP contribution >= 0.6 is 0 Å². The summed E-state index contributed by atoms with van der Waals surface area (Å²) in [7, 11) is 0. The molecule has 0 aliphatic carbocycles. The maximum atomic E-state index is 5.41. The molecule has 0 unspecified atom stereocenters. The van der Waals surface area contributed by atoms with Gasteiger partial charge in [-0.05, 0) is 95.9 Å². The largest absolute Gasteiger partial charge is 0.310 e. The number of para-hydroxylation sites is 1. The van der Waals surface area contributed by atoms with Gasteiger partial charge < -0.3 is 9.13 Å². The summed E-state index contributed by atoms with van der Waals surface area (Å²) in [6, 6.07) is 68.0. The van der Waals surface area contributed by atoms with Gasteiger partial charge in [0, 0.05) is 38.2 Å². The van der Waals surface area contributed by atoms with E-state index in [4.69, 9.17) is 4.98 Å². The first-order valence-corrected chi connectivity index (χ1v) is 20.6. The fraction of sp³-hybridized carbons (Fsp3) is 0. The van der Waals surface area contributed by atoms with Crippen molar-refractivity contribution in [1.82, 2.24) is 14.1 Å². The zero-order valence-electron chi connectivity index (χ0n) is 31.7. The normalized spacial score (nSPS) is 13.1. The van der Waals surface area contributed by atoms with Crippen LogP contribution < -0.4 is 16.4 Å². The Kier molecular flexibility index (Phi) is 5.48. The zero-order chi connectivity index (χ0) is 38.1. The molecule has 0 radical (unpaired) electrons. The Hall–Kier alpha value is -7.69. The number of pyridine rings is 1. The van der Waals surface area contributed by atoms with E-state index in [1.54, 1.807) is 0 Å². The van der Waals surface area contributed by atoms with E-state index in [2.05, 4.69) is 191 Å². The molecule has 2 aliphatic rings. The molecule has 15 rings (SSSR count). The van der Waals surface area contributed by atoms with E-state index in [0.29, 0.717) is 0 Å². The topological polar surface area (TPSA) is 22.8 Å². The summed E-state index contributed by atoms with van der Waals surface area (Å²) in [5.41, 5.74) is 14.7. The predicted molar refractivity (Wildman–Crippen MR) is 251 cm³/mol. The minimum atomic E-state index is -0.0224. The summed E-state index contributed by atoms with van der Waals surface area (Å²) in [4.78, 5) is 5.41. The number of hydrogen-bond acceptors (Lipinski definition) is 1. The van der Waals surface area contributed by atoms with Gasteiger partial charge in [-0.2, -0.15) is 0 Å². The van der Waals surface area contributed by atoms with E-state index in [9.17, 15) is 0 Å². The lowest BCUT2D eigenvalue weighted by Crippen LogP contribution is -2.59. The van der Waals surface area contributed by atoms with Crippen molar-refractivity contribution < 1.29 is 0 Å². The molecule has 0 saturated carbocycles. The third-order valence-electron chi connectivity index (χ3n) is 13.8. The van der Waals surface area contributed by atoms with Crippen LogP contribution in [0.1, 0.15) is 0 Å². The van der Waals surface area contributed by atoms with Crippen molar-refractivity contribution >= 4 is 121 Å². The summed E-state index contributed by atoms with van der Waals surface area (Å²) in [5.74, 6) is 0. The zero-order valence-corrected chi connectivity index (χ0v) is 31.7. The monoisotopic (exact) mass is 743 g/mol. The molecule has 268 valence electrons. The Morgan fingerprint density at radius 3 is 1.51 bits per heavy atom. The van der Waals surface area contributed by atoms with E-state index in [0.717, 1.165) is 22.2 Å². The van der Waals surface area contributed by atoms with Crippen LogP contribution in [0.2, 0.25) is 0 Å². The van der Waals surface area contributed by atoms with Crippen LogP contribution in [0.25, 0.3) is 120 Å². The molecule has 10 aromatic carbocycles. The molecule has 0 fully saturated rings. The van der Waals surface area contributed by atoms with Crippen molar-refractivity contribution in [2.75, 3.05) is 0 Å². The van der Waals surface area contributed by atoms with Crippen LogP contribution in [0.4, 0.5) is 0 Å². The van der Waals surface area contributed by atoms with Crippen molar-refractivity contribution in [3.8, 4) is 22.6 Å². The predicted octanol–water partition coefficient (Wildman–Crippen LogP) is 11.9. The smallest absolute Gasteiger partial charge is 0.252 e. The average molecular weight is 744 g/mol. The number of fused-ring (bicyclic) bond motifs is 19. The summed E-state index contributed by atoms with van der Waals surface area (Å²) in [6.45, 7) is -0.0224. The third kappa shape index (κ3) is 3.65. The number of aromatic nitrogens is 3. The maximum absolute atomic E-state index is 5.41. The van der Waals surface area contributed by atoms with Crippen LogP contribution in [0.5, 0.6) is 0 Å². The van der Waals surface area contributed by atoms with E-state index in [1.807, 2.05) is 0 Å². The average Bonchev–Trinajstić information content (AvgIpc) is 3.84. The highest BCUT2D eigenvalue weighted by molar-refractivity contribution is 7.01. The summed E-state index contributed by atoms with van der Waals surface area (Å²) in [5, 5.41) is 16.7. The number of hydrogen-bond donors (Lipinski definition) is 0. The van der Waals surface area contributed by atoms with Gasteiger partial charge in [-0.25, -0.2) is 4.98 Å². The molecular weight excluding hydrogens is 713 g/mol. The minimum Gasteiger partial charge on any atom is -0.310 e. The van der Waals surface area contributed by atoms with Crippen molar-refractivity contribution in [2.45, 2.75) is 0 Å². The second kappa shape index (κ2) is 10.6. The molecule has 0 amide bonds. The van der Waals surface area contributed by atoms with E-state index >= 15 is 0 Å². The summed E-state index contributed by atoms with van der Waals surface area (Å²) >= 11 is 0. The first kappa shape index (κ1) is 30.5. The number of benzene rings is 10. The lowest BCUT2D eigenvalue weighted by Gasteiger charge is -2.35. The van der Waals surface area contributed by atoms with Gasteiger partial charge in [-0.15, -0.1) is 0 Å². The van der Waals surface area contributed by atoms with E-state index in [-0.39, 0.29) is 6.71 Å².